The minimum Gasteiger partial charge on any atom is -0.465 e. The highest BCUT2D eigenvalue weighted by atomic mass is 16.5. The molecule has 0 radical (unpaired) electrons. The van der Waals surface area contributed by atoms with Gasteiger partial charge in [-0.05, 0) is 30.9 Å². The van der Waals surface area contributed by atoms with Gasteiger partial charge in [0.25, 0.3) is 0 Å². The monoisotopic (exact) mass is 288 g/mol. The number of nitrogens with zero attached hydrogens (tertiary/aromatic N) is 4. The van der Waals surface area contributed by atoms with Crippen LogP contribution in [0.5, 0.6) is 0 Å². The first-order chi connectivity index (χ1) is 10.2. The summed E-state index contributed by atoms with van der Waals surface area (Å²) in [5, 5.41) is 12.9. The van der Waals surface area contributed by atoms with E-state index in [-0.39, 0.29) is 0 Å². The molecule has 3 rings (SSSR count). The Morgan fingerprint density at radius 3 is 2.71 bits per heavy atom. The van der Waals surface area contributed by atoms with Gasteiger partial charge in [-0.3, -0.25) is 4.98 Å². The number of aromatic nitrogens is 3. The Labute approximate surface area is 121 Å². The van der Waals surface area contributed by atoms with Crippen LogP contribution in [0.15, 0.2) is 29.0 Å². The van der Waals surface area contributed by atoms with Gasteiger partial charge < -0.3 is 14.5 Å². The second-order valence-electron chi connectivity index (χ2n) is 5.16. The zero-order valence-electron chi connectivity index (χ0n) is 11.5. The molecule has 7 heteroatoms. The normalized spacial score (nSPS) is 16.1. The first-order valence-corrected chi connectivity index (χ1v) is 6.93. The number of rotatable bonds is 3. The molecule has 1 aliphatic heterocycles. The number of carboxylic acid groups (broad SMARTS) is 1. The van der Waals surface area contributed by atoms with Crippen molar-refractivity contribution >= 4 is 6.09 Å². The van der Waals surface area contributed by atoms with Gasteiger partial charge in [0.2, 0.25) is 11.7 Å². The second-order valence-corrected chi connectivity index (χ2v) is 5.16. The SMILES string of the molecule is O=C(O)N1CCC(Cc2nc(-c3ccncc3)no2)CC1. The van der Waals surface area contributed by atoms with Crippen molar-refractivity contribution in [1.82, 2.24) is 20.0 Å². The Kier molecular flexibility index (Phi) is 3.81. The predicted molar refractivity (Wildman–Crippen MR) is 73.6 cm³/mol. The molecule has 0 unspecified atom stereocenters. The molecular weight excluding hydrogens is 272 g/mol. The van der Waals surface area contributed by atoms with E-state index in [0.717, 1.165) is 18.4 Å². The van der Waals surface area contributed by atoms with E-state index in [1.165, 1.54) is 4.90 Å². The standard InChI is InChI=1S/C14H16N4O3/c19-14(20)18-7-3-10(4-8-18)9-12-16-13(17-21-12)11-1-5-15-6-2-11/h1-2,5-6,10H,3-4,7-9H2,(H,19,20). The highest BCUT2D eigenvalue weighted by Gasteiger charge is 2.24. The number of piperidine rings is 1. The van der Waals surface area contributed by atoms with E-state index in [1.807, 2.05) is 12.1 Å². The zero-order valence-corrected chi connectivity index (χ0v) is 11.5. The maximum Gasteiger partial charge on any atom is 0.407 e. The Balaban J connectivity index is 1.60. The zero-order chi connectivity index (χ0) is 14.7. The quantitative estimate of drug-likeness (QED) is 0.929. The molecule has 2 aromatic heterocycles. The summed E-state index contributed by atoms with van der Waals surface area (Å²) in [7, 11) is 0. The highest BCUT2D eigenvalue weighted by molar-refractivity contribution is 5.64. The third-order valence-corrected chi connectivity index (χ3v) is 3.75. The Bertz CT molecular complexity index is 606. The summed E-state index contributed by atoms with van der Waals surface area (Å²) < 4.78 is 5.28. The van der Waals surface area contributed by atoms with Crippen LogP contribution in [-0.4, -0.2) is 44.3 Å². The van der Waals surface area contributed by atoms with Gasteiger partial charge in [0.05, 0.1) is 0 Å². The molecule has 0 aromatic carbocycles. The van der Waals surface area contributed by atoms with Gasteiger partial charge in [0, 0.05) is 37.5 Å². The molecule has 0 aliphatic carbocycles. The van der Waals surface area contributed by atoms with Crippen LogP contribution in [-0.2, 0) is 6.42 Å². The summed E-state index contributed by atoms with van der Waals surface area (Å²) >= 11 is 0. The van der Waals surface area contributed by atoms with Crippen molar-refractivity contribution in [2.45, 2.75) is 19.3 Å². The molecule has 1 aliphatic rings. The summed E-state index contributed by atoms with van der Waals surface area (Å²) in [6, 6.07) is 3.67. The molecule has 110 valence electrons. The van der Waals surface area contributed by atoms with Crippen LogP contribution in [0.1, 0.15) is 18.7 Å². The van der Waals surface area contributed by atoms with Gasteiger partial charge >= 0.3 is 6.09 Å². The third kappa shape index (κ3) is 3.18. The maximum atomic E-state index is 10.9. The number of pyridine rings is 1. The molecule has 0 spiro atoms. The molecule has 0 atom stereocenters. The maximum absolute atomic E-state index is 10.9. The third-order valence-electron chi connectivity index (χ3n) is 3.75. The van der Waals surface area contributed by atoms with Crippen LogP contribution in [0.4, 0.5) is 4.79 Å². The number of carbonyl (C=O) groups is 1. The van der Waals surface area contributed by atoms with Crippen molar-refractivity contribution < 1.29 is 14.4 Å². The van der Waals surface area contributed by atoms with E-state index < -0.39 is 6.09 Å². The summed E-state index contributed by atoms with van der Waals surface area (Å²) in [5.41, 5.74) is 0.876. The molecular formula is C14H16N4O3. The number of amides is 1. The average Bonchev–Trinajstić information content (AvgIpc) is 2.97. The lowest BCUT2D eigenvalue weighted by molar-refractivity contribution is 0.123. The largest absolute Gasteiger partial charge is 0.465 e. The summed E-state index contributed by atoms with van der Waals surface area (Å²) in [6.07, 6.45) is 4.90. The molecule has 0 saturated carbocycles. The fourth-order valence-corrected chi connectivity index (χ4v) is 2.53. The summed E-state index contributed by atoms with van der Waals surface area (Å²) in [4.78, 5) is 20.7. The van der Waals surface area contributed by atoms with Crippen LogP contribution in [0, 0.1) is 5.92 Å². The van der Waals surface area contributed by atoms with Gasteiger partial charge in [0.1, 0.15) is 0 Å². The van der Waals surface area contributed by atoms with Crippen LogP contribution < -0.4 is 0 Å². The van der Waals surface area contributed by atoms with Crippen molar-refractivity contribution in [3.05, 3.63) is 30.4 Å². The van der Waals surface area contributed by atoms with Crippen LogP contribution in [0.25, 0.3) is 11.4 Å². The molecule has 21 heavy (non-hydrogen) atoms. The minimum atomic E-state index is -0.841. The fraction of sp³-hybridized carbons (Fsp3) is 0.429. The Morgan fingerprint density at radius 1 is 1.33 bits per heavy atom. The van der Waals surface area contributed by atoms with Gasteiger partial charge in [-0.15, -0.1) is 0 Å². The Morgan fingerprint density at radius 2 is 2.05 bits per heavy atom. The number of hydrogen-bond acceptors (Lipinski definition) is 5. The lowest BCUT2D eigenvalue weighted by Crippen LogP contribution is -2.37. The number of likely N-dealkylation sites (tertiary alicyclic amines) is 1. The molecule has 3 heterocycles. The second kappa shape index (κ2) is 5.90. The van der Waals surface area contributed by atoms with Crippen molar-refractivity contribution in [2.24, 2.45) is 5.92 Å². The molecule has 1 N–H and O–H groups in total. The van der Waals surface area contributed by atoms with E-state index in [4.69, 9.17) is 9.63 Å². The van der Waals surface area contributed by atoms with Crippen LogP contribution >= 0.6 is 0 Å². The number of hydrogen-bond donors (Lipinski definition) is 1. The van der Waals surface area contributed by atoms with Crippen LogP contribution in [0.3, 0.4) is 0 Å². The Hall–Kier alpha value is -2.44. The van der Waals surface area contributed by atoms with Crippen molar-refractivity contribution in [2.75, 3.05) is 13.1 Å². The van der Waals surface area contributed by atoms with E-state index in [9.17, 15) is 4.79 Å². The van der Waals surface area contributed by atoms with Crippen molar-refractivity contribution in [3.63, 3.8) is 0 Å². The predicted octanol–water partition coefficient (Wildman–Crippen LogP) is 2.06. The summed E-state index contributed by atoms with van der Waals surface area (Å²) in [6.45, 7) is 1.15. The van der Waals surface area contributed by atoms with Crippen LogP contribution in [0.2, 0.25) is 0 Å². The van der Waals surface area contributed by atoms with E-state index in [1.54, 1.807) is 12.4 Å². The average molecular weight is 288 g/mol. The van der Waals surface area contributed by atoms with Crippen molar-refractivity contribution in [3.8, 4) is 11.4 Å². The smallest absolute Gasteiger partial charge is 0.407 e. The molecule has 0 bridgehead atoms. The lowest BCUT2D eigenvalue weighted by Gasteiger charge is -2.29. The fourth-order valence-electron chi connectivity index (χ4n) is 2.53. The van der Waals surface area contributed by atoms with Gasteiger partial charge in [-0.2, -0.15) is 4.98 Å². The molecule has 2 aromatic rings. The van der Waals surface area contributed by atoms with Crippen molar-refractivity contribution in [1.29, 1.82) is 0 Å². The van der Waals surface area contributed by atoms with Gasteiger partial charge in [-0.1, -0.05) is 5.16 Å². The van der Waals surface area contributed by atoms with E-state index >= 15 is 0 Å². The van der Waals surface area contributed by atoms with E-state index in [0.29, 0.717) is 37.1 Å². The van der Waals surface area contributed by atoms with Gasteiger partial charge in [0.15, 0.2) is 0 Å². The van der Waals surface area contributed by atoms with E-state index in [2.05, 4.69) is 15.1 Å². The molecule has 7 nitrogen and oxygen atoms in total. The first kappa shape index (κ1) is 13.5. The molecule has 1 fully saturated rings. The topological polar surface area (TPSA) is 92.3 Å². The molecule has 1 saturated heterocycles. The minimum absolute atomic E-state index is 0.395. The lowest BCUT2D eigenvalue weighted by atomic mass is 9.94. The first-order valence-electron chi connectivity index (χ1n) is 6.93. The van der Waals surface area contributed by atoms with Gasteiger partial charge in [-0.25, -0.2) is 4.79 Å². The highest BCUT2D eigenvalue weighted by Crippen LogP contribution is 2.22. The molecule has 1 amide bonds. The summed E-state index contributed by atoms with van der Waals surface area (Å²) in [5.74, 6) is 1.57.